The van der Waals surface area contributed by atoms with E-state index in [4.69, 9.17) is 0 Å². The molecule has 2 aromatic rings. The van der Waals surface area contributed by atoms with E-state index in [2.05, 4.69) is 15.7 Å². The van der Waals surface area contributed by atoms with Gasteiger partial charge in [-0.25, -0.2) is 4.79 Å². The molecule has 2 N–H and O–H groups in total. The number of benzene rings is 1. The molecule has 0 fully saturated rings. The Hall–Kier alpha value is -2.83. The van der Waals surface area contributed by atoms with Crippen molar-refractivity contribution in [2.24, 2.45) is 5.92 Å². The number of amides is 3. The Bertz CT molecular complexity index is 785. The molecule has 1 aromatic heterocycles. The van der Waals surface area contributed by atoms with Crippen molar-refractivity contribution in [3.63, 3.8) is 0 Å². The molecule has 0 bridgehead atoms. The third kappa shape index (κ3) is 5.09. The zero-order valence-electron chi connectivity index (χ0n) is 15.9. The van der Waals surface area contributed by atoms with Gasteiger partial charge in [-0.05, 0) is 18.1 Å². The van der Waals surface area contributed by atoms with E-state index in [1.165, 1.54) is 5.56 Å². The molecule has 3 amide bonds. The molecule has 2 heterocycles. The van der Waals surface area contributed by atoms with Crippen molar-refractivity contribution in [3.05, 3.63) is 53.3 Å². The molecule has 27 heavy (non-hydrogen) atoms. The average molecular weight is 369 g/mol. The fraction of sp³-hybridized carbons (Fsp3) is 0.450. The summed E-state index contributed by atoms with van der Waals surface area (Å²) < 4.78 is 1.93. The number of hydrogen-bond donors (Lipinski definition) is 2. The molecule has 7 heteroatoms. The number of aromatic nitrogens is 2. The Morgan fingerprint density at radius 3 is 2.67 bits per heavy atom. The maximum Gasteiger partial charge on any atom is 0.315 e. The summed E-state index contributed by atoms with van der Waals surface area (Å²) in [5.41, 5.74) is 3.01. The first-order valence-electron chi connectivity index (χ1n) is 9.43. The van der Waals surface area contributed by atoms with E-state index in [0.717, 1.165) is 17.8 Å². The van der Waals surface area contributed by atoms with Crippen LogP contribution in [0.4, 0.5) is 4.79 Å². The van der Waals surface area contributed by atoms with Crippen molar-refractivity contribution in [1.82, 2.24) is 25.3 Å². The van der Waals surface area contributed by atoms with Crippen molar-refractivity contribution in [3.8, 4) is 0 Å². The minimum absolute atomic E-state index is 0.000176. The van der Waals surface area contributed by atoms with Crippen molar-refractivity contribution < 1.29 is 9.59 Å². The predicted molar refractivity (Wildman–Crippen MR) is 103 cm³/mol. The average Bonchev–Trinajstić information content (AvgIpc) is 3.08. The zero-order chi connectivity index (χ0) is 19.2. The topological polar surface area (TPSA) is 79.3 Å². The number of urea groups is 1. The number of fused-ring (bicyclic) bond motifs is 1. The molecule has 0 saturated heterocycles. The van der Waals surface area contributed by atoms with Crippen molar-refractivity contribution in [1.29, 1.82) is 0 Å². The van der Waals surface area contributed by atoms with E-state index in [0.29, 0.717) is 32.7 Å². The number of hydrogen-bond acceptors (Lipinski definition) is 3. The fourth-order valence-corrected chi connectivity index (χ4v) is 3.16. The van der Waals surface area contributed by atoms with E-state index < -0.39 is 0 Å². The molecular weight excluding hydrogens is 342 g/mol. The van der Waals surface area contributed by atoms with Crippen molar-refractivity contribution in [2.45, 2.75) is 39.9 Å². The molecule has 144 valence electrons. The Balaban J connectivity index is 1.44. The van der Waals surface area contributed by atoms with Crippen LogP contribution in [0.3, 0.4) is 0 Å². The standard InChI is InChI=1S/C20H27N5O2/c1-15(2)19(26)24-10-11-25-18(14-24)12-17(23-25)13-22-20(27)21-9-8-16-6-4-3-5-7-16/h3-7,12,15H,8-11,13-14H2,1-2H3,(H2,21,22,27). The predicted octanol–water partition coefficient (Wildman–Crippen LogP) is 1.92. The van der Waals surface area contributed by atoms with E-state index in [1.54, 1.807) is 0 Å². The van der Waals surface area contributed by atoms with Crippen LogP contribution in [-0.4, -0.2) is 39.7 Å². The lowest BCUT2D eigenvalue weighted by Crippen LogP contribution is -2.40. The van der Waals surface area contributed by atoms with Crippen LogP contribution in [0.15, 0.2) is 36.4 Å². The van der Waals surface area contributed by atoms with E-state index >= 15 is 0 Å². The largest absolute Gasteiger partial charge is 0.338 e. The maximum atomic E-state index is 12.2. The first-order chi connectivity index (χ1) is 13.0. The van der Waals surface area contributed by atoms with Gasteiger partial charge >= 0.3 is 6.03 Å². The van der Waals surface area contributed by atoms with Crippen LogP contribution in [0.2, 0.25) is 0 Å². The molecule has 1 aliphatic heterocycles. The van der Waals surface area contributed by atoms with Crippen molar-refractivity contribution in [2.75, 3.05) is 13.1 Å². The minimum Gasteiger partial charge on any atom is -0.338 e. The van der Waals surface area contributed by atoms with Gasteiger partial charge in [-0.2, -0.15) is 5.10 Å². The molecule has 1 aromatic carbocycles. The third-order valence-electron chi connectivity index (χ3n) is 4.63. The van der Waals surface area contributed by atoms with Gasteiger partial charge in [0.05, 0.1) is 31.0 Å². The van der Waals surface area contributed by atoms with E-state index in [9.17, 15) is 9.59 Å². The lowest BCUT2D eigenvalue weighted by Gasteiger charge is -2.29. The summed E-state index contributed by atoms with van der Waals surface area (Å²) in [6, 6.07) is 11.8. The molecule has 0 unspecified atom stereocenters. The number of carbonyl (C=O) groups excluding carboxylic acids is 2. The summed E-state index contributed by atoms with van der Waals surface area (Å²) in [5.74, 6) is 0.167. The second-order valence-electron chi connectivity index (χ2n) is 7.11. The van der Waals surface area contributed by atoms with Crippen LogP contribution in [0, 0.1) is 5.92 Å². The normalized spacial score (nSPS) is 13.4. The molecule has 3 rings (SSSR count). The number of nitrogens with one attached hydrogen (secondary N) is 2. The van der Waals surface area contributed by atoms with Gasteiger partial charge in [0.1, 0.15) is 0 Å². The Morgan fingerprint density at radius 1 is 1.15 bits per heavy atom. The summed E-state index contributed by atoms with van der Waals surface area (Å²) in [6.07, 6.45) is 0.798. The van der Waals surface area contributed by atoms with Gasteiger partial charge < -0.3 is 15.5 Å². The molecule has 0 saturated carbocycles. The van der Waals surface area contributed by atoms with Crippen LogP contribution in [-0.2, 0) is 30.8 Å². The Kier molecular flexibility index (Phi) is 6.11. The van der Waals surface area contributed by atoms with Crippen LogP contribution >= 0.6 is 0 Å². The summed E-state index contributed by atoms with van der Waals surface area (Å²) in [4.78, 5) is 26.0. The summed E-state index contributed by atoms with van der Waals surface area (Å²) in [7, 11) is 0. The zero-order valence-corrected chi connectivity index (χ0v) is 15.9. The van der Waals surface area contributed by atoms with Crippen molar-refractivity contribution >= 4 is 11.9 Å². The molecule has 0 spiro atoms. The third-order valence-corrected chi connectivity index (χ3v) is 4.63. The first kappa shape index (κ1) is 18.9. The number of nitrogens with zero attached hydrogens (tertiary/aromatic N) is 3. The SMILES string of the molecule is CC(C)C(=O)N1CCn2nc(CNC(=O)NCCc3ccccc3)cc2C1. The number of carbonyl (C=O) groups is 2. The highest BCUT2D eigenvalue weighted by Crippen LogP contribution is 2.15. The van der Waals surface area contributed by atoms with Crippen LogP contribution < -0.4 is 10.6 Å². The van der Waals surface area contributed by atoms with Gasteiger partial charge in [0.25, 0.3) is 0 Å². The van der Waals surface area contributed by atoms with Gasteiger partial charge in [0.2, 0.25) is 5.91 Å². The smallest absolute Gasteiger partial charge is 0.315 e. The monoisotopic (exact) mass is 369 g/mol. The number of rotatable bonds is 6. The minimum atomic E-state index is -0.200. The quantitative estimate of drug-likeness (QED) is 0.816. The van der Waals surface area contributed by atoms with Gasteiger partial charge in [-0.1, -0.05) is 44.2 Å². The van der Waals surface area contributed by atoms with Gasteiger partial charge in [-0.15, -0.1) is 0 Å². The highest BCUT2D eigenvalue weighted by Gasteiger charge is 2.23. The maximum absolute atomic E-state index is 12.2. The molecule has 0 radical (unpaired) electrons. The highest BCUT2D eigenvalue weighted by atomic mass is 16.2. The molecular formula is C20H27N5O2. The molecule has 7 nitrogen and oxygen atoms in total. The second-order valence-corrected chi connectivity index (χ2v) is 7.11. The van der Waals surface area contributed by atoms with Gasteiger partial charge in [0.15, 0.2) is 0 Å². The van der Waals surface area contributed by atoms with Gasteiger partial charge in [-0.3, -0.25) is 9.48 Å². The van der Waals surface area contributed by atoms with Gasteiger partial charge in [0, 0.05) is 19.0 Å². The molecule has 0 aliphatic carbocycles. The molecule has 1 aliphatic rings. The lowest BCUT2D eigenvalue weighted by molar-refractivity contribution is -0.136. The highest BCUT2D eigenvalue weighted by molar-refractivity contribution is 5.78. The Morgan fingerprint density at radius 2 is 1.93 bits per heavy atom. The lowest BCUT2D eigenvalue weighted by atomic mass is 10.1. The fourth-order valence-electron chi connectivity index (χ4n) is 3.16. The summed E-state index contributed by atoms with van der Waals surface area (Å²) in [6.45, 7) is 6.74. The van der Waals surface area contributed by atoms with Crippen LogP contribution in [0.1, 0.15) is 30.8 Å². The first-order valence-corrected chi connectivity index (χ1v) is 9.43. The van der Waals surface area contributed by atoms with Crippen LogP contribution in [0.5, 0.6) is 0 Å². The summed E-state index contributed by atoms with van der Waals surface area (Å²) in [5, 5.41) is 10.2. The van der Waals surface area contributed by atoms with Crippen LogP contribution in [0.25, 0.3) is 0 Å². The Labute approximate surface area is 159 Å². The molecule has 0 atom stereocenters. The summed E-state index contributed by atoms with van der Waals surface area (Å²) >= 11 is 0. The van der Waals surface area contributed by atoms with E-state index in [1.807, 2.05) is 59.8 Å². The van der Waals surface area contributed by atoms with E-state index in [-0.39, 0.29) is 17.9 Å². The second kappa shape index (κ2) is 8.70.